The highest BCUT2D eigenvalue weighted by molar-refractivity contribution is 5.79. The van der Waals surface area contributed by atoms with E-state index in [-0.39, 0.29) is 17.5 Å². The number of amides is 1. The topological polar surface area (TPSA) is 110 Å². The van der Waals surface area contributed by atoms with Gasteiger partial charge in [0.05, 0.1) is 4.92 Å². The van der Waals surface area contributed by atoms with Crippen molar-refractivity contribution in [1.82, 2.24) is 15.3 Å². The van der Waals surface area contributed by atoms with Crippen LogP contribution >= 0.6 is 0 Å². The Morgan fingerprint density at radius 1 is 1.26 bits per heavy atom. The molecule has 0 atom stereocenters. The van der Waals surface area contributed by atoms with Crippen molar-refractivity contribution >= 4 is 17.4 Å². The van der Waals surface area contributed by atoms with Crippen LogP contribution < -0.4 is 10.2 Å². The molecule has 166 valence electrons. The number of carbonyl (C=O) groups is 1. The largest absolute Gasteiger partial charge is 0.382 e. The van der Waals surface area contributed by atoms with Crippen LogP contribution in [0.1, 0.15) is 31.9 Å². The first-order valence-electron chi connectivity index (χ1n) is 10.7. The average Bonchev–Trinajstić information content (AvgIpc) is 2.78. The van der Waals surface area contributed by atoms with Crippen LogP contribution in [0.5, 0.6) is 0 Å². The van der Waals surface area contributed by atoms with Gasteiger partial charge in [0.15, 0.2) is 5.82 Å². The molecule has 9 nitrogen and oxygen atoms in total. The SMILES string of the molecule is CCOCCCNC(=O)C1CCN(c2cc(C)nc(-c3ccc([N+](=O)[O-])cc3)n2)CC1. The molecule has 1 amide bonds. The molecular weight excluding hydrogens is 398 g/mol. The quantitative estimate of drug-likeness (QED) is 0.372. The highest BCUT2D eigenvalue weighted by Crippen LogP contribution is 2.26. The Labute approximate surface area is 182 Å². The number of hydrogen-bond donors (Lipinski definition) is 1. The molecule has 1 N–H and O–H groups in total. The van der Waals surface area contributed by atoms with Crippen molar-refractivity contribution in [3.63, 3.8) is 0 Å². The number of nitro groups is 1. The predicted molar refractivity (Wildman–Crippen MR) is 118 cm³/mol. The van der Waals surface area contributed by atoms with E-state index in [9.17, 15) is 14.9 Å². The van der Waals surface area contributed by atoms with Crippen LogP contribution in [0.4, 0.5) is 11.5 Å². The number of carbonyl (C=O) groups excluding carboxylic acids is 1. The fourth-order valence-electron chi connectivity index (χ4n) is 3.62. The zero-order valence-corrected chi connectivity index (χ0v) is 18.0. The van der Waals surface area contributed by atoms with Gasteiger partial charge in [-0.3, -0.25) is 14.9 Å². The molecule has 1 aromatic carbocycles. The Hall–Kier alpha value is -3.07. The van der Waals surface area contributed by atoms with E-state index in [1.54, 1.807) is 12.1 Å². The van der Waals surface area contributed by atoms with E-state index >= 15 is 0 Å². The van der Waals surface area contributed by atoms with E-state index in [0.717, 1.165) is 49.4 Å². The summed E-state index contributed by atoms with van der Waals surface area (Å²) in [6, 6.07) is 8.18. The Kier molecular flexibility index (Phi) is 7.88. The second-order valence-electron chi connectivity index (χ2n) is 7.60. The molecule has 1 aliphatic heterocycles. The number of hydrogen-bond acceptors (Lipinski definition) is 7. The van der Waals surface area contributed by atoms with E-state index in [1.807, 2.05) is 19.9 Å². The summed E-state index contributed by atoms with van der Waals surface area (Å²) in [5.41, 5.74) is 1.60. The third-order valence-corrected chi connectivity index (χ3v) is 5.34. The van der Waals surface area contributed by atoms with E-state index in [0.29, 0.717) is 25.6 Å². The van der Waals surface area contributed by atoms with Crippen molar-refractivity contribution in [2.24, 2.45) is 5.92 Å². The minimum atomic E-state index is -0.425. The molecule has 9 heteroatoms. The summed E-state index contributed by atoms with van der Waals surface area (Å²) in [4.78, 5) is 34.2. The lowest BCUT2D eigenvalue weighted by atomic mass is 9.96. The number of ether oxygens (including phenoxy) is 1. The lowest BCUT2D eigenvalue weighted by Crippen LogP contribution is -2.41. The minimum absolute atomic E-state index is 0.0143. The van der Waals surface area contributed by atoms with Gasteiger partial charge in [-0.2, -0.15) is 0 Å². The molecule has 0 aliphatic carbocycles. The van der Waals surface area contributed by atoms with Crippen LogP contribution in [0, 0.1) is 23.0 Å². The van der Waals surface area contributed by atoms with Gasteiger partial charge < -0.3 is 15.0 Å². The fraction of sp³-hybridized carbons (Fsp3) is 0.500. The van der Waals surface area contributed by atoms with Gasteiger partial charge in [-0.15, -0.1) is 0 Å². The van der Waals surface area contributed by atoms with Crippen molar-refractivity contribution in [1.29, 1.82) is 0 Å². The Morgan fingerprint density at radius 2 is 1.97 bits per heavy atom. The molecule has 2 heterocycles. The zero-order valence-electron chi connectivity index (χ0n) is 18.0. The van der Waals surface area contributed by atoms with Crippen molar-refractivity contribution in [2.75, 3.05) is 37.7 Å². The molecule has 1 aromatic heterocycles. The molecule has 0 bridgehead atoms. The first kappa shape index (κ1) is 22.6. The molecule has 1 saturated heterocycles. The maximum Gasteiger partial charge on any atom is 0.269 e. The molecule has 31 heavy (non-hydrogen) atoms. The van der Waals surface area contributed by atoms with Crippen LogP contribution in [-0.2, 0) is 9.53 Å². The highest BCUT2D eigenvalue weighted by atomic mass is 16.6. The van der Waals surface area contributed by atoms with Crippen molar-refractivity contribution in [2.45, 2.75) is 33.1 Å². The number of nitrogens with one attached hydrogen (secondary N) is 1. The summed E-state index contributed by atoms with van der Waals surface area (Å²) in [5.74, 6) is 1.48. The molecule has 1 fully saturated rings. The normalized spacial score (nSPS) is 14.5. The number of aryl methyl sites for hydroxylation is 1. The summed E-state index contributed by atoms with van der Waals surface area (Å²) >= 11 is 0. The first-order chi connectivity index (χ1) is 15.0. The summed E-state index contributed by atoms with van der Waals surface area (Å²) in [7, 11) is 0. The minimum Gasteiger partial charge on any atom is -0.382 e. The number of benzene rings is 1. The van der Waals surface area contributed by atoms with Crippen molar-refractivity contribution in [3.05, 3.63) is 46.1 Å². The smallest absolute Gasteiger partial charge is 0.269 e. The lowest BCUT2D eigenvalue weighted by molar-refractivity contribution is -0.384. The molecule has 0 radical (unpaired) electrons. The fourth-order valence-corrected chi connectivity index (χ4v) is 3.62. The van der Waals surface area contributed by atoms with Crippen LogP contribution in [0.3, 0.4) is 0 Å². The molecule has 0 spiro atoms. The third-order valence-electron chi connectivity index (χ3n) is 5.34. The van der Waals surface area contributed by atoms with Gasteiger partial charge in [0.1, 0.15) is 5.82 Å². The van der Waals surface area contributed by atoms with E-state index < -0.39 is 4.92 Å². The van der Waals surface area contributed by atoms with Crippen molar-refractivity contribution in [3.8, 4) is 11.4 Å². The summed E-state index contributed by atoms with van der Waals surface area (Å²) in [6.07, 6.45) is 2.37. The molecule has 0 unspecified atom stereocenters. The van der Waals surface area contributed by atoms with Gasteiger partial charge in [-0.1, -0.05) is 0 Å². The first-order valence-corrected chi connectivity index (χ1v) is 10.7. The van der Waals surface area contributed by atoms with Gasteiger partial charge >= 0.3 is 0 Å². The van der Waals surface area contributed by atoms with Crippen LogP contribution in [0.15, 0.2) is 30.3 Å². The molecular formula is C22H29N5O4. The number of piperidine rings is 1. The van der Waals surface area contributed by atoms with E-state index in [1.165, 1.54) is 12.1 Å². The van der Waals surface area contributed by atoms with Crippen molar-refractivity contribution < 1.29 is 14.5 Å². The molecule has 0 saturated carbocycles. The van der Waals surface area contributed by atoms with Crippen LogP contribution in [0.2, 0.25) is 0 Å². The monoisotopic (exact) mass is 427 g/mol. The Morgan fingerprint density at radius 3 is 2.61 bits per heavy atom. The van der Waals surface area contributed by atoms with Crippen LogP contribution in [0.25, 0.3) is 11.4 Å². The number of non-ortho nitro benzene ring substituents is 1. The Balaban J connectivity index is 1.59. The predicted octanol–water partition coefficient (Wildman–Crippen LogP) is 3.12. The second-order valence-corrected chi connectivity index (χ2v) is 7.60. The number of anilines is 1. The van der Waals surface area contributed by atoms with Gasteiger partial charge in [-0.25, -0.2) is 9.97 Å². The molecule has 1 aliphatic rings. The number of nitro benzene ring substituents is 1. The number of aromatic nitrogens is 2. The maximum absolute atomic E-state index is 12.4. The summed E-state index contributed by atoms with van der Waals surface area (Å²) < 4.78 is 5.29. The zero-order chi connectivity index (χ0) is 22.2. The number of rotatable bonds is 9. The van der Waals surface area contributed by atoms with Gasteiger partial charge in [0, 0.05) is 68.2 Å². The molecule has 2 aromatic rings. The Bertz CT molecular complexity index is 895. The maximum atomic E-state index is 12.4. The van der Waals surface area contributed by atoms with Crippen LogP contribution in [-0.4, -0.2) is 53.6 Å². The lowest BCUT2D eigenvalue weighted by Gasteiger charge is -2.32. The van der Waals surface area contributed by atoms with E-state index in [4.69, 9.17) is 4.74 Å². The summed E-state index contributed by atoms with van der Waals surface area (Å²) in [5, 5.41) is 13.9. The third kappa shape index (κ3) is 6.21. The van der Waals surface area contributed by atoms with E-state index in [2.05, 4.69) is 20.2 Å². The van der Waals surface area contributed by atoms with Gasteiger partial charge in [-0.05, 0) is 45.2 Å². The standard InChI is InChI=1S/C22H29N5O4/c1-3-31-14-4-11-23-22(28)18-9-12-26(13-10-18)20-15-16(2)24-21(25-20)17-5-7-19(8-6-17)27(29)30/h5-8,15,18H,3-4,9-14H2,1-2H3,(H,23,28). The molecule has 3 rings (SSSR count). The summed E-state index contributed by atoms with van der Waals surface area (Å²) in [6.45, 7) is 7.35. The van der Waals surface area contributed by atoms with Gasteiger partial charge in [0.2, 0.25) is 5.91 Å². The average molecular weight is 428 g/mol. The highest BCUT2D eigenvalue weighted by Gasteiger charge is 2.26. The second kappa shape index (κ2) is 10.8. The number of nitrogens with zero attached hydrogens (tertiary/aromatic N) is 4. The van der Waals surface area contributed by atoms with Gasteiger partial charge in [0.25, 0.3) is 5.69 Å².